The lowest BCUT2D eigenvalue weighted by molar-refractivity contribution is -0.369. The van der Waals surface area contributed by atoms with Crippen LogP contribution < -0.4 is 18.9 Å². The van der Waals surface area contributed by atoms with E-state index in [0.717, 1.165) is 22.5 Å². The maximum atomic E-state index is 7.05. The number of hydrogen-bond donors (Lipinski definition) is 0. The van der Waals surface area contributed by atoms with Crippen molar-refractivity contribution in [2.75, 3.05) is 0 Å². The van der Waals surface area contributed by atoms with Gasteiger partial charge >= 0.3 is 6.16 Å². The lowest BCUT2D eigenvalue weighted by Crippen LogP contribution is -2.54. The molecule has 0 radical (unpaired) electrons. The third kappa shape index (κ3) is 6.34. The maximum Gasteiger partial charge on any atom is 0.613 e. The molecule has 0 N–H and O–H groups in total. The molecular formula is C43H42N6O4. The molecule has 0 saturated heterocycles. The molecule has 1 spiro atoms. The lowest BCUT2D eigenvalue weighted by Gasteiger charge is -2.33. The Morgan fingerprint density at radius 1 is 0.509 bits per heavy atom. The Bertz CT molecular complexity index is 2230. The second kappa shape index (κ2) is 12.5. The average Bonchev–Trinajstić information content (AvgIpc) is 3.63. The van der Waals surface area contributed by atoms with Crippen molar-refractivity contribution in [3.05, 3.63) is 131 Å². The van der Waals surface area contributed by atoms with Gasteiger partial charge in [-0.15, -0.1) is 0 Å². The Morgan fingerprint density at radius 3 is 1.28 bits per heavy atom. The molecule has 0 unspecified atom stereocenters. The predicted octanol–water partition coefficient (Wildman–Crippen LogP) is 9.62. The fourth-order valence-electron chi connectivity index (χ4n) is 6.26. The van der Waals surface area contributed by atoms with Crippen LogP contribution in [0.4, 0.5) is 11.4 Å². The van der Waals surface area contributed by atoms with Crippen LogP contribution in [0.25, 0.3) is 11.4 Å². The highest BCUT2D eigenvalue weighted by Gasteiger charge is 2.49. The topological polar surface area (TPSA) is 97.3 Å². The Balaban J connectivity index is 1.43. The Labute approximate surface area is 309 Å². The van der Waals surface area contributed by atoms with Gasteiger partial charge in [0.2, 0.25) is 11.8 Å². The van der Waals surface area contributed by atoms with Gasteiger partial charge in [-0.3, -0.25) is 9.98 Å². The molecule has 2 aliphatic heterocycles. The summed E-state index contributed by atoms with van der Waals surface area (Å²) in [5.74, 6) is 1.37. The molecule has 0 aliphatic carbocycles. The third-order valence-corrected chi connectivity index (χ3v) is 9.36. The van der Waals surface area contributed by atoms with Crippen molar-refractivity contribution < 1.29 is 18.9 Å². The molecule has 0 saturated carbocycles. The summed E-state index contributed by atoms with van der Waals surface area (Å²) in [6.45, 7) is 16.8. The van der Waals surface area contributed by atoms with E-state index in [2.05, 4.69) is 41.5 Å². The molecule has 8 rings (SSSR count). The van der Waals surface area contributed by atoms with Gasteiger partial charge < -0.3 is 18.9 Å². The fourth-order valence-corrected chi connectivity index (χ4v) is 6.26. The van der Waals surface area contributed by atoms with E-state index >= 15 is 0 Å². The van der Waals surface area contributed by atoms with E-state index in [9.17, 15) is 0 Å². The van der Waals surface area contributed by atoms with Crippen molar-refractivity contribution >= 4 is 23.8 Å². The number of ether oxygens (including phenoxy) is 4. The molecule has 0 fully saturated rings. The molecule has 6 aromatic rings. The Morgan fingerprint density at radius 2 is 0.906 bits per heavy atom. The second-order valence-corrected chi connectivity index (χ2v) is 15.4. The number of nitrogens with zero attached hydrogens (tertiary/aromatic N) is 6. The maximum absolute atomic E-state index is 7.05. The zero-order chi connectivity index (χ0) is 37.1. The number of aryl methyl sites for hydroxylation is 2. The largest absolute Gasteiger partial charge is 0.613 e. The summed E-state index contributed by atoms with van der Waals surface area (Å²) in [5.41, 5.74) is 7.14. The summed E-state index contributed by atoms with van der Waals surface area (Å²) in [6.07, 6.45) is 1.21. The van der Waals surface area contributed by atoms with E-state index in [1.807, 2.05) is 111 Å². The zero-order valence-corrected chi connectivity index (χ0v) is 31.2. The molecule has 10 nitrogen and oxygen atoms in total. The fraction of sp³-hybridized carbons (Fsp3) is 0.256. The molecule has 268 valence electrons. The number of aromatic nitrogens is 4. The first kappa shape index (κ1) is 34.0. The minimum absolute atomic E-state index is 0.156. The number of rotatable bonds is 2. The average molecular weight is 707 g/mol. The first-order chi connectivity index (χ1) is 25.3. The Kier molecular flexibility index (Phi) is 8.01. The van der Waals surface area contributed by atoms with Crippen LogP contribution in [0.5, 0.6) is 23.3 Å². The first-order valence-electron chi connectivity index (χ1n) is 17.7. The van der Waals surface area contributed by atoms with Crippen molar-refractivity contribution in [1.82, 2.24) is 19.6 Å². The standard InChI is InChI=1S/C43H42N6O4/c1-27-33-25-44-35-23-29(41(3,4)5)19-21-37(35)50-43(52-39(33)48(46-27)31-15-11-9-12-16-31)51-38-22-20-30(42(6,7)8)24-36(38)45-26-34-28(2)47-49(40(34)53-43)32-17-13-10-14-18-32/h9-26H,1-8H3/b44-25+,45-26+. The smallest absolute Gasteiger partial charge is 0.384 e. The normalized spacial score (nSPS) is 15.8. The highest BCUT2D eigenvalue weighted by atomic mass is 17.0. The van der Waals surface area contributed by atoms with Crippen LogP contribution >= 0.6 is 0 Å². The third-order valence-electron chi connectivity index (χ3n) is 9.36. The molecule has 2 aromatic heterocycles. The van der Waals surface area contributed by atoms with Crippen molar-refractivity contribution in [2.45, 2.75) is 72.4 Å². The zero-order valence-electron chi connectivity index (χ0n) is 31.2. The summed E-state index contributed by atoms with van der Waals surface area (Å²) >= 11 is 0. The number of aliphatic imine (C=N–C) groups is 2. The molecule has 4 heterocycles. The molecule has 10 heteroatoms. The summed E-state index contributed by atoms with van der Waals surface area (Å²) < 4.78 is 31.4. The van der Waals surface area contributed by atoms with Crippen LogP contribution in [-0.2, 0) is 10.8 Å². The van der Waals surface area contributed by atoms with E-state index in [0.29, 0.717) is 57.1 Å². The lowest BCUT2D eigenvalue weighted by atomic mass is 9.87. The monoisotopic (exact) mass is 706 g/mol. The van der Waals surface area contributed by atoms with Crippen LogP contribution in [0, 0.1) is 13.8 Å². The first-order valence-corrected chi connectivity index (χ1v) is 17.7. The van der Waals surface area contributed by atoms with Gasteiger partial charge in [0.15, 0.2) is 11.5 Å². The molecule has 0 amide bonds. The van der Waals surface area contributed by atoms with Crippen LogP contribution in [0.2, 0.25) is 0 Å². The quantitative estimate of drug-likeness (QED) is 0.178. The molecular weight excluding hydrogens is 665 g/mol. The number of hydrogen-bond acceptors (Lipinski definition) is 8. The Hall–Kier alpha value is -6.16. The highest BCUT2D eigenvalue weighted by Crippen LogP contribution is 2.44. The van der Waals surface area contributed by atoms with Crippen molar-refractivity contribution in [3.8, 4) is 34.6 Å². The summed E-state index contributed by atoms with van der Waals surface area (Å²) in [4.78, 5) is 9.98. The van der Waals surface area contributed by atoms with Crippen LogP contribution in [0.15, 0.2) is 107 Å². The molecule has 2 aliphatic rings. The van der Waals surface area contributed by atoms with Crippen molar-refractivity contribution in [1.29, 1.82) is 0 Å². The highest BCUT2D eigenvalue weighted by molar-refractivity contribution is 5.88. The van der Waals surface area contributed by atoms with Crippen molar-refractivity contribution in [3.63, 3.8) is 0 Å². The summed E-state index contributed by atoms with van der Waals surface area (Å²) in [5, 5.41) is 9.83. The number of benzene rings is 4. The van der Waals surface area contributed by atoms with E-state index in [4.69, 9.17) is 39.1 Å². The molecule has 0 atom stereocenters. The minimum Gasteiger partial charge on any atom is -0.384 e. The van der Waals surface area contributed by atoms with Gasteiger partial charge in [0.25, 0.3) is 0 Å². The van der Waals surface area contributed by atoms with Gasteiger partial charge in [0.05, 0.1) is 33.9 Å². The number of para-hydroxylation sites is 2. The minimum atomic E-state index is -2.31. The molecule has 4 aromatic carbocycles. The van der Waals surface area contributed by atoms with Gasteiger partial charge in [-0.05, 0) is 84.3 Å². The van der Waals surface area contributed by atoms with E-state index < -0.39 is 6.16 Å². The van der Waals surface area contributed by atoms with E-state index in [1.54, 1.807) is 21.8 Å². The van der Waals surface area contributed by atoms with Gasteiger partial charge in [0.1, 0.15) is 11.4 Å². The van der Waals surface area contributed by atoms with Gasteiger partial charge in [0, 0.05) is 12.4 Å². The van der Waals surface area contributed by atoms with E-state index in [-0.39, 0.29) is 10.8 Å². The predicted molar refractivity (Wildman–Crippen MR) is 207 cm³/mol. The van der Waals surface area contributed by atoms with Gasteiger partial charge in [-0.1, -0.05) is 90.1 Å². The van der Waals surface area contributed by atoms with Crippen LogP contribution in [-0.4, -0.2) is 38.1 Å². The van der Waals surface area contributed by atoms with Gasteiger partial charge in [-0.25, -0.2) is 0 Å². The van der Waals surface area contributed by atoms with Crippen LogP contribution in [0.1, 0.15) is 75.2 Å². The molecule has 0 bridgehead atoms. The summed E-state index contributed by atoms with van der Waals surface area (Å²) in [7, 11) is 0. The van der Waals surface area contributed by atoms with Gasteiger partial charge in [-0.2, -0.15) is 19.6 Å². The summed E-state index contributed by atoms with van der Waals surface area (Å²) in [6, 6.07) is 31.3. The van der Waals surface area contributed by atoms with Crippen molar-refractivity contribution in [2.24, 2.45) is 9.98 Å². The molecule has 53 heavy (non-hydrogen) atoms. The van der Waals surface area contributed by atoms with E-state index in [1.165, 1.54) is 0 Å². The SMILES string of the molecule is Cc1nn(-c2ccccc2)c2c1/C=N/c1cc(C(C)(C)C)ccc1OC1(Oc3ccc(C(C)(C)C)cc3/N=C/c3c(C)nn(-c4ccccc4)c3O1)O2. The van der Waals surface area contributed by atoms with Crippen LogP contribution in [0.3, 0.4) is 0 Å². The number of fused-ring (bicyclic) bond motifs is 4. The second-order valence-electron chi connectivity index (χ2n) is 15.4.